The molecular formula is C23H26F2N6O2. The maximum Gasteiger partial charge on any atom is 0.250 e. The molecule has 10 heteroatoms. The molecule has 3 aromatic rings. The summed E-state index contributed by atoms with van der Waals surface area (Å²) >= 11 is 0. The largest absolute Gasteiger partial charge is 0.312 e. The van der Waals surface area contributed by atoms with E-state index in [0.717, 1.165) is 23.0 Å². The van der Waals surface area contributed by atoms with Gasteiger partial charge in [0.25, 0.3) is 5.92 Å². The SMILES string of the molecule is CCN=C(NC=O)c1ccc(-n2ccc3cc(C=O)cnc32)cn1.CN1CCC(F)(F)CC1. The number of carbonyl (C=O) groups is 2. The number of aliphatic imine (C=N–C) groups is 1. The Balaban J connectivity index is 0.000000286. The smallest absolute Gasteiger partial charge is 0.250 e. The second-order valence-corrected chi connectivity index (χ2v) is 7.63. The number of amides is 1. The van der Waals surface area contributed by atoms with Crippen molar-refractivity contribution in [2.24, 2.45) is 4.99 Å². The van der Waals surface area contributed by atoms with Crippen LogP contribution in [0.3, 0.4) is 0 Å². The zero-order valence-electron chi connectivity index (χ0n) is 18.5. The van der Waals surface area contributed by atoms with Gasteiger partial charge in [-0.15, -0.1) is 0 Å². The fraction of sp³-hybridized carbons (Fsp3) is 0.348. The summed E-state index contributed by atoms with van der Waals surface area (Å²) in [5, 5.41) is 3.43. The van der Waals surface area contributed by atoms with Crippen LogP contribution >= 0.6 is 0 Å². The highest BCUT2D eigenvalue weighted by Gasteiger charge is 2.32. The van der Waals surface area contributed by atoms with E-state index in [1.807, 2.05) is 41.8 Å². The fourth-order valence-electron chi connectivity index (χ4n) is 3.34. The number of pyridine rings is 2. The number of halogens is 2. The number of aldehydes is 1. The van der Waals surface area contributed by atoms with Crippen molar-refractivity contribution < 1.29 is 18.4 Å². The van der Waals surface area contributed by atoms with E-state index in [4.69, 9.17) is 0 Å². The van der Waals surface area contributed by atoms with Gasteiger partial charge in [-0.25, -0.2) is 13.8 Å². The summed E-state index contributed by atoms with van der Waals surface area (Å²) in [7, 11) is 1.87. The predicted octanol–water partition coefficient (Wildman–Crippen LogP) is 3.09. The van der Waals surface area contributed by atoms with Crippen LogP contribution in [0.5, 0.6) is 0 Å². The average Bonchev–Trinajstić information content (AvgIpc) is 3.25. The molecule has 0 spiro atoms. The molecule has 1 aliphatic rings. The van der Waals surface area contributed by atoms with Gasteiger partial charge in [0.1, 0.15) is 11.3 Å². The minimum atomic E-state index is -2.38. The summed E-state index contributed by atoms with van der Waals surface area (Å²) in [4.78, 5) is 36.3. The second-order valence-electron chi connectivity index (χ2n) is 7.63. The Kier molecular flexibility index (Phi) is 7.94. The van der Waals surface area contributed by atoms with Crippen molar-refractivity contribution in [2.75, 3.05) is 26.7 Å². The van der Waals surface area contributed by atoms with Crippen LogP contribution in [0.15, 0.2) is 47.8 Å². The molecule has 0 aliphatic carbocycles. The molecule has 1 fully saturated rings. The first kappa shape index (κ1) is 24.1. The normalized spacial score (nSPS) is 16.1. The summed E-state index contributed by atoms with van der Waals surface area (Å²) in [5.41, 5.74) is 2.68. The molecule has 0 atom stereocenters. The number of fused-ring (bicyclic) bond motifs is 1. The lowest BCUT2D eigenvalue weighted by molar-refractivity contribution is -0.108. The molecule has 0 aromatic carbocycles. The van der Waals surface area contributed by atoms with Crippen LogP contribution in [0.25, 0.3) is 16.7 Å². The zero-order chi connectivity index (χ0) is 23.8. The number of amidine groups is 1. The number of nitrogens with zero attached hydrogens (tertiary/aromatic N) is 5. The van der Waals surface area contributed by atoms with Crippen LogP contribution in [0, 0.1) is 0 Å². The molecule has 1 aliphatic heterocycles. The molecule has 33 heavy (non-hydrogen) atoms. The molecule has 1 amide bonds. The van der Waals surface area contributed by atoms with Crippen LogP contribution in [0.4, 0.5) is 8.78 Å². The van der Waals surface area contributed by atoms with E-state index in [9.17, 15) is 18.4 Å². The molecule has 4 heterocycles. The van der Waals surface area contributed by atoms with Gasteiger partial charge in [-0.2, -0.15) is 0 Å². The van der Waals surface area contributed by atoms with Crippen LogP contribution in [-0.2, 0) is 4.79 Å². The van der Waals surface area contributed by atoms with Crippen LogP contribution in [0.1, 0.15) is 35.8 Å². The molecular weight excluding hydrogens is 430 g/mol. The van der Waals surface area contributed by atoms with Gasteiger partial charge in [-0.3, -0.25) is 24.1 Å². The van der Waals surface area contributed by atoms with E-state index < -0.39 is 5.92 Å². The maximum absolute atomic E-state index is 12.4. The van der Waals surface area contributed by atoms with Crippen LogP contribution in [0.2, 0.25) is 0 Å². The van der Waals surface area contributed by atoms with Gasteiger partial charge in [0.15, 0.2) is 12.1 Å². The third-order valence-electron chi connectivity index (χ3n) is 5.18. The summed E-state index contributed by atoms with van der Waals surface area (Å²) in [6.07, 6.45) is 6.50. The van der Waals surface area contributed by atoms with E-state index in [2.05, 4.69) is 20.3 Å². The highest BCUT2D eigenvalue weighted by Crippen LogP contribution is 2.26. The fourth-order valence-corrected chi connectivity index (χ4v) is 3.34. The summed E-state index contributed by atoms with van der Waals surface area (Å²) in [6.45, 7) is 3.50. The lowest BCUT2D eigenvalue weighted by atomic mass is 10.1. The number of piperidine rings is 1. The molecule has 8 nitrogen and oxygen atoms in total. The molecule has 1 saturated heterocycles. The van der Waals surface area contributed by atoms with Crippen molar-refractivity contribution in [1.29, 1.82) is 0 Å². The third kappa shape index (κ3) is 6.26. The average molecular weight is 456 g/mol. The lowest BCUT2D eigenvalue weighted by Crippen LogP contribution is -2.36. The third-order valence-corrected chi connectivity index (χ3v) is 5.18. The molecule has 3 aromatic heterocycles. The van der Waals surface area contributed by atoms with Gasteiger partial charge >= 0.3 is 0 Å². The van der Waals surface area contributed by atoms with Crippen molar-refractivity contribution in [2.45, 2.75) is 25.7 Å². The first-order valence-corrected chi connectivity index (χ1v) is 10.6. The first-order chi connectivity index (χ1) is 15.9. The number of hydrogen-bond donors (Lipinski definition) is 1. The molecule has 0 unspecified atom stereocenters. The van der Waals surface area contributed by atoms with Crippen molar-refractivity contribution >= 4 is 29.6 Å². The quantitative estimate of drug-likeness (QED) is 0.362. The van der Waals surface area contributed by atoms with E-state index in [0.29, 0.717) is 43.1 Å². The lowest BCUT2D eigenvalue weighted by Gasteiger charge is -2.28. The van der Waals surface area contributed by atoms with E-state index in [1.54, 1.807) is 18.3 Å². The number of alkyl halides is 2. The molecule has 4 rings (SSSR count). The summed E-state index contributed by atoms with van der Waals surface area (Å²) in [5.74, 6) is -1.95. The first-order valence-electron chi connectivity index (χ1n) is 10.6. The van der Waals surface area contributed by atoms with E-state index >= 15 is 0 Å². The number of carbonyl (C=O) groups excluding carboxylic acids is 2. The Labute approximate surface area is 190 Å². The summed E-state index contributed by atoms with van der Waals surface area (Å²) in [6, 6.07) is 7.33. The molecule has 0 bridgehead atoms. The van der Waals surface area contributed by atoms with E-state index in [1.165, 1.54) is 6.20 Å². The number of aromatic nitrogens is 3. The second kappa shape index (κ2) is 10.9. The van der Waals surface area contributed by atoms with Gasteiger partial charge in [-0.05, 0) is 38.2 Å². The highest BCUT2D eigenvalue weighted by molar-refractivity contribution is 6.02. The predicted molar refractivity (Wildman–Crippen MR) is 122 cm³/mol. The van der Waals surface area contributed by atoms with Gasteiger partial charge in [-0.1, -0.05) is 0 Å². The van der Waals surface area contributed by atoms with Gasteiger partial charge in [0, 0.05) is 55.8 Å². The number of likely N-dealkylation sites (tertiary alicyclic amines) is 1. The Morgan fingerprint density at radius 3 is 2.52 bits per heavy atom. The topological polar surface area (TPSA) is 92.5 Å². The number of hydrogen-bond acceptors (Lipinski definition) is 6. The standard InChI is InChI=1S/C17H15N5O2.C6H11F2N/c1-2-18-16(21-11-24)15-4-3-14(9-19-15)22-6-5-13-7-12(10-23)8-20-17(13)22;1-9-4-2-6(7,8)3-5-9/h3-11H,2H2,1H3,(H,18,21,24);2-5H2,1H3. The van der Waals surface area contributed by atoms with Crippen molar-refractivity contribution in [3.8, 4) is 5.69 Å². The molecule has 1 N–H and O–H groups in total. The van der Waals surface area contributed by atoms with Crippen molar-refractivity contribution in [1.82, 2.24) is 24.8 Å². The van der Waals surface area contributed by atoms with Crippen molar-refractivity contribution in [3.05, 3.63) is 54.1 Å². The minimum Gasteiger partial charge on any atom is -0.312 e. The molecule has 0 saturated carbocycles. The number of rotatable bonds is 5. The Morgan fingerprint density at radius 1 is 1.18 bits per heavy atom. The maximum atomic E-state index is 12.4. The highest BCUT2D eigenvalue weighted by atomic mass is 19.3. The summed E-state index contributed by atoms with van der Waals surface area (Å²) < 4.78 is 26.6. The minimum absolute atomic E-state index is 0.0312. The van der Waals surface area contributed by atoms with Crippen LogP contribution < -0.4 is 5.32 Å². The van der Waals surface area contributed by atoms with E-state index in [-0.39, 0.29) is 12.8 Å². The van der Waals surface area contributed by atoms with Gasteiger partial charge in [0.05, 0.1) is 11.9 Å². The number of nitrogens with one attached hydrogen (secondary N) is 1. The monoisotopic (exact) mass is 456 g/mol. The van der Waals surface area contributed by atoms with Gasteiger partial charge in [0.2, 0.25) is 6.41 Å². The Morgan fingerprint density at radius 2 is 1.94 bits per heavy atom. The Bertz CT molecular complexity index is 1120. The Hall–Kier alpha value is -3.53. The zero-order valence-corrected chi connectivity index (χ0v) is 18.5. The molecule has 0 radical (unpaired) electrons. The van der Waals surface area contributed by atoms with Crippen molar-refractivity contribution in [3.63, 3.8) is 0 Å². The van der Waals surface area contributed by atoms with Crippen LogP contribution in [-0.4, -0.2) is 70.6 Å². The molecule has 174 valence electrons. The van der Waals surface area contributed by atoms with Gasteiger partial charge < -0.3 is 10.2 Å².